The molecule has 0 atom stereocenters. The van der Waals surface area contributed by atoms with Gasteiger partial charge in [0.15, 0.2) is 16.6 Å². The van der Waals surface area contributed by atoms with Gasteiger partial charge < -0.3 is 4.52 Å². The SMILES string of the molecule is Cc1cc(C)c2nc(NC(=O)c3cc(-c4ccc(C)c(F)c4)on3)sc2c1. The van der Waals surface area contributed by atoms with Gasteiger partial charge in [-0.3, -0.25) is 10.1 Å². The number of nitrogens with zero attached hydrogens (tertiary/aromatic N) is 2. The fourth-order valence-corrected chi connectivity index (χ4v) is 3.89. The molecule has 0 aliphatic carbocycles. The third-order valence-corrected chi connectivity index (χ3v) is 5.17. The molecule has 0 unspecified atom stereocenters. The first-order valence-corrected chi connectivity index (χ1v) is 9.15. The quantitative estimate of drug-likeness (QED) is 0.525. The molecule has 4 aromatic rings. The van der Waals surface area contributed by atoms with Crippen LogP contribution >= 0.6 is 11.3 Å². The van der Waals surface area contributed by atoms with Gasteiger partial charge in [0.2, 0.25) is 0 Å². The van der Waals surface area contributed by atoms with Crippen molar-refractivity contribution < 1.29 is 13.7 Å². The molecule has 0 fully saturated rings. The molecule has 0 radical (unpaired) electrons. The molecule has 0 saturated heterocycles. The van der Waals surface area contributed by atoms with E-state index in [9.17, 15) is 9.18 Å². The van der Waals surface area contributed by atoms with Crippen LogP contribution in [-0.2, 0) is 0 Å². The second-order valence-electron chi connectivity index (χ2n) is 6.44. The second kappa shape index (κ2) is 6.59. The first-order chi connectivity index (χ1) is 12.9. The minimum Gasteiger partial charge on any atom is -0.355 e. The zero-order valence-electron chi connectivity index (χ0n) is 15.0. The van der Waals surface area contributed by atoms with Gasteiger partial charge in [0.1, 0.15) is 5.82 Å². The van der Waals surface area contributed by atoms with E-state index in [1.54, 1.807) is 19.1 Å². The lowest BCUT2D eigenvalue weighted by atomic mass is 10.1. The highest BCUT2D eigenvalue weighted by Gasteiger charge is 2.17. The van der Waals surface area contributed by atoms with E-state index >= 15 is 0 Å². The number of aryl methyl sites for hydroxylation is 3. The van der Waals surface area contributed by atoms with E-state index in [1.165, 1.54) is 23.5 Å². The summed E-state index contributed by atoms with van der Waals surface area (Å²) in [7, 11) is 0. The molecular weight excluding hydrogens is 365 g/mol. The van der Waals surface area contributed by atoms with Crippen LogP contribution in [0.25, 0.3) is 21.5 Å². The smallest absolute Gasteiger partial charge is 0.279 e. The summed E-state index contributed by atoms with van der Waals surface area (Å²) in [4.78, 5) is 17.0. The summed E-state index contributed by atoms with van der Waals surface area (Å²) in [6.45, 7) is 5.69. The number of thiazole rings is 1. The molecule has 2 aromatic heterocycles. The van der Waals surface area contributed by atoms with Gasteiger partial charge in [-0.1, -0.05) is 34.7 Å². The molecule has 2 aromatic carbocycles. The number of carbonyl (C=O) groups is 1. The topological polar surface area (TPSA) is 68.0 Å². The summed E-state index contributed by atoms with van der Waals surface area (Å²) >= 11 is 1.40. The fraction of sp³-hybridized carbons (Fsp3) is 0.150. The predicted octanol–water partition coefficient (Wildman–Crippen LogP) is 5.27. The number of amides is 1. The molecule has 1 N–H and O–H groups in total. The minimum atomic E-state index is -0.425. The average Bonchev–Trinajstić information content (AvgIpc) is 3.24. The van der Waals surface area contributed by atoms with Crippen LogP contribution in [0.4, 0.5) is 9.52 Å². The lowest BCUT2D eigenvalue weighted by molar-refractivity contribution is 0.101. The van der Waals surface area contributed by atoms with Gasteiger partial charge in [-0.15, -0.1) is 0 Å². The van der Waals surface area contributed by atoms with Crippen molar-refractivity contribution in [2.45, 2.75) is 20.8 Å². The van der Waals surface area contributed by atoms with Gasteiger partial charge >= 0.3 is 0 Å². The van der Waals surface area contributed by atoms with Crippen molar-refractivity contribution in [2.24, 2.45) is 0 Å². The Kier molecular flexibility index (Phi) is 4.24. The predicted molar refractivity (Wildman–Crippen MR) is 104 cm³/mol. The average molecular weight is 381 g/mol. The summed E-state index contributed by atoms with van der Waals surface area (Å²) in [5, 5.41) is 7.04. The normalized spacial score (nSPS) is 11.1. The number of carbonyl (C=O) groups excluding carboxylic acids is 1. The highest BCUT2D eigenvalue weighted by atomic mass is 32.1. The Morgan fingerprint density at radius 2 is 1.93 bits per heavy atom. The van der Waals surface area contributed by atoms with Crippen LogP contribution < -0.4 is 5.32 Å². The van der Waals surface area contributed by atoms with Crippen LogP contribution in [0.2, 0.25) is 0 Å². The lowest BCUT2D eigenvalue weighted by Crippen LogP contribution is -2.11. The minimum absolute atomic E-state index is 0.109. The molecule has 0 bridgehead atoms. The maximum Gasteiger partial charge on any atom is 0.279 e. The summed E-state index contributed by atoms with van der Waals surface area (Å²) in [5.41, 5.74) is 4.25. The number of nitrogens with one attached hydrogen (secondary N) is 1. The monoisotopic (exact) mass is 381 g/mol. The Morgan fingerprint density at radius 1 is 1.11 bits per heavy atom. The standard InChI is InChI=1S/C20H16FN3O2S/c1-10-6-12(3)18-17(7-10)27-20(22-18)23-19(25)15-9-16(26-24-15)13-5-4-11(2)14(21)8-13/h4-9H,1-3H3,(H,22,23,25). The first kappa shape index (κ1) is 17.4. The number of fused-ring (bicyclic) bond motifs is 1. The summed E-state index contributed by atoms with van der Waals surface area (Å²) in [6, 6.07) is 10.3. The molecule has 7 heteroatoms. The molecule has 0 spiro atoms. The van der Waals surface area contributed by atoms with Crippen LogP contribution in [0.1, 0.15) is 27.2 Å². The number of aromatic nitrogens is 2. The number of hydrogen-bond acceptors (Lipinski definition) is 5. The maximum absolute atomic E-state index is 13.7. The molecule has 1 amide bonds. The van der Waals surface area contributed by atoms with Gasteiger partial charge in [0, 0.05) is 11.6 Å². The van der Waals surface area contributed by atoms with Crippen molar-refractivity contribution in [3.05, 3.63) is 64.6 Å². The Morgan fingerprint density at radius 3 is 2.70 bits per heavy atom. The molecule has 4 rings (SSSR count). The summed E-state index contributed by atoms with van der Waals surface area (Å²) in [5.74, 6) is -0.434. The third kappa shape index (κ3) is 3.33. The van der Waals surface area contributed by atoms with Crippen molar-refractivity contribution in [3.63, 3.8) is 0 Å². The second-order valence-corrected chi connectivity index (χ2v) is 7.47. The van der Waals surface area contributed by atoms with Crippen LogP contribution in [0.15, 0.2) is 40.9 Å². The molecule has 0 aliphatic rings. The number of anilines is 1. The van der Waals surface area contributed by atoms with Gasteiger partial charge in [-0.05, 0) is 49.6 Å². The molecule has 27 heavy (non-hydrogen) atoms. The van der Waals surface area contributed by atoms with Crippen molar-refractivity contribution in [2.75, 3.05) is 5.32 Å². The Hall–Kier alpha value is -3.06. The van der Waals surface area contributed by atoms with Crippen LogP contribution in [0.5, 0.6) is 0 Å². The van der Waals surface area contributed by atoms with E-state index in [-0.39, 0.29) is 11.5 Å². The molecular formula is C20H16FN3O2S. The number of halogens is 1. The van der Waals surface area contributed by atoms with Crippen molar-refractivity contribution in [3.8, 4) is 11.3 Å². The molecule has 5 nitrogen and oxygen atoms in total. The highest BCUT2D eigenvalue weighted by molar-refractivity contribution is 7.22. The first-order valence-electron chi connectivity index (χ1n) is 8.33. The molecule has 0 saturated carbocycles. The molecule has 136 valence electrons. The van der Waals surface area contributed by atoms with Gasteiger partial charge in [-0.2, -0.15) is 0 Å². The van der Waals surface area contributed by atoms with E-state index in [0.717, 1.165) is 21.3 Å². The van der Waals surface area contributed by atoms with E-state index in [0.29, 0.717) is 22.0 Å². The van der Waals surface area contributed by atoms with Gasteiger partial charge in [0.05, 0.1) is 10.2 Å². The van der Waals surface area contributed by atoms with Gasteiger partial charge in [0.25, 0.3) is 5.91 Å². The van der Waals surface area contributed by atoms with Gasteiger partial charge in [-0.25, -0.2) is 9.37 Å². The zero-order chi connectivity index (χ0) is 19.1. The number of rotatable bonds is 3. The van der Waals surface area contributed by atoms with E-state index in [2.05, 4.69) is 21.5 Å². The fourth-order valence-electron chi connectivity index (χ4n) is 2.85. The van der Waals surface area contributed by atoms with Crippen molar-refractivity contribution in [1.82, 2.24) is 10.1 Å². The van der Waals surface area contributed by atoms with Crippen molar-refractivity contribution >= 4 is 32.6 Å². The third-order valence-electron chi connectivity index (χ3n) is 4.25. The lowest BCUT2D eigenvalue weighted by Gasteiger charge is -1.98. The Labute approximate surface area is 158 Å². The van der Waals surface area contributed by atoms with Crippen LogP contribution in [0.3, 0.4) is 0 Å². The zero-order valence-corrected chi connectivity index (χ0v) is 15.8. The largest absolute Gasteiger partial charge is 0.355 e. The van der Waals surface area contributed by atoms with E-state index < -0.39 is 5.91 Å². The summed E-state index contributed by atoms with van der Waals surface area (Å²) < 4.78 is 19.9. The molecule has 2 heterocycles. The Bertz CT molecular complexity index is 1180. The molecule has 0 aliphatic heterocycles. The number of benzene rings is 2. The van der Waals surface area contributed by atoms with Crippen LogP contribution in [0, 0.1) is 26.6 Å². The van der Waals surface area contributed by atoms with Crippen molar-refractivity contribution in [1.29, 1.82) is 0 Å². The Balaban J connectivity index is 1.58. The summed E-state index contributed by atoms with van der Waals surface area (Å²) in [6.07, 6.45) is 0. The van der Waals surface area contributed by atoms with E-state index in [4.69, 9.17) is 4.52 Å². The van der Waals surface area contributed by atoms with Crippen LogP contribution in [-0.4, -0.2) is 16.0 Å². The number of hydrogen-bond donors (Lipinski definition) is 1. The maximum atomic E-state index is 13.7. The highest BCUT2D eigenvalue weighted by Crippen LogP contribution is 2.30. The van der Waals surface area contributed by atoms with E-state index in [1.807, 2.05) is 19.9 Å².